The molecular weight excluding hydrogens is 985 g/mol. The van der Waals surface area contributed by atoms with E-state index in [0.29, 0.717) is 19.3 Å². The van der Waals surface area contributed by atoms with Crippen LogP contribution in [0.15, 0.2) is 60.8 Å². The number of allylic oxidation sites excluding steroid dienone is 10. The van der Waals surface area contributed by atoms with Gasteiger partial charge in [-0.1, -0.05) is 313 Å². The first kappa shape index (κ1) is 77.1. The van der Waals surface area contributed by atoms with E-state index in [2.05, 4.69) is 81.5 Å². The number of hydrogen-bond acceptors (Lipinski definition) is 6. The van der Waals surface area contributed by atoms with Crippen LogP contribution in [0.3, 0.4) is 0 Å². The lowest BCUT2D eigenvalue weighted by Crippen LogP contribution is -2.30. The molecule has 0 fully saturated rings. The normalized spacial score (nSPS) is 12.4. The summed E-state index contributed by atoms with van der Waals surface area (Å²) in [5, 5.41) is 0. The summed E-state index contributed by atoms with van der Waals surface area (Å²) in [6.07, 6.45) is 88.4. The van der Waals surface area contributed by atoms with Crippen LogP contribution in [0.4, 0.5) is 0 Å². The predicted octanol–water partition coefficient (Wildman–Crippen LogP) is 24.3. The minimum Gasteiger partial charge on any atom is -0.462 e. The van der Waals surface area contributed by atoms with E-state index < -0.39 is 6.10 Å². The zero-order valence-corrected chi connectivity index (χ0v) is 53.6. The number of ether oxygens (including phenoxy) is 3. The molecule has 6 heteroatoms. The highest BCUT2D eigenvalue weighted by molar-refractivity contribution is 5.71. The molecule has 0 heterocycles. The van der Waals surface area contributed by atoms with Gasteiger partial charge < -0.3 is 14.2 Å². The van der Waals surface area contributed by atoms with Gasteiger partial charge in [0, 0.05) is 19.3 Å². The summed E-state index contributed by atoms with van der Waals surface area (Å²) in [6.45, 7) is 6.60. The maximum absolute atomic E-state index is 12.9. The fourth-order valence-corrected chi connectivity index (χ4v) is 10.4. The highest BCUT2D eigenvalue weighted by atomic mass is 16.6. The van der Waals surface area contributed by atoms with Crippen molar-refractivity contribution in [2.24, 2.45) is 0 Å². The first-order valence-corrected chi connectivity index (χ1v) is 35.3. The average Bonchev–Trinajstić information content (AvgIpc) is 3.46. The van der Waals surface area contributed by atoms with E-state index in [0.717, 1.165) is 96.3 Å². The van der Waals surface area contributed by atoms with Crippen LogP contribution < -0.4 is 0 Å². The van der Waals surface area contributed by atoms with Crippen molar-refractivity contribution in [2.75, 3.05) is 13.2 Å². The minimum atomic E-state index is -0.783. The van der Waals surface area contributed by atoms with E-state index in [1.807, 2.05) is 0 Å². The van der Waals surface area contributed by atoms with Crippen LogP contribution in [-0.2, 0) is 28.6 Å². The van der Waals surface area contributed by atoms with Gasteiger partial charge in [-0.05, 0) is 103 Å². The highest BCUT2D eigenvalue weighted by Crippen LogP contribution is 2.18. The van der Waals surface area contributed by atoms with Gasteiger partial charge in [0.15, 0.2) is 6.10 Å². The Balaban J connectivity index is 4.06. The average molecular weight is 1120 g/mol. The Morgan fingerprint density at radius 1 is 0.250 bits per heavy atom. The van der Waals surface area contributed by atoms with Gasteiger partial charge in [0.05, 0.1) is 0 Å². The molecule has 80 heavy (non-hydrogen) atoms. The third-order valence-electron chi connectivity index (χ3n) is 15.7. The molecule has 0 bridgehead atoms. The molecule has 0 rings (SSSR count). The van der Waals surface area contributed by atoms with Crippen molar-refractivity contribution in [3.05, 3.63) is 60.8 Å². The van der Waals surface area contributed by atoms with Crippen LogP contribution in [0.2, 0.25) is 0 Å². The Bertz CT molecular complexity index is 1430. The molecule has 0 aliphatic rings. The molecule has 0 aromatic heterocycles. The molecule has 0 aromatic rings. The summed E-state index contributed by atoms with van der Waals surface area (Å²) in [5.41, 5.74) is 0. The standard InChI is InChI=1S/C74H134O6/c1-4-7-10-13-16-19-22-25-27-28-29-30-31-32-33-34-35-36-37-38-39-40-41-42-43-44-45-46-47-50-52-55-58-61-64-67-73(76)79-70-71(69-78-72(75)66-63-60-57-54-51-48-24-21-18-15-12-9-6-3)80-74(77)68-65-62-59-56-53-49-26-23-20-17-14-11-8-5-2/h14,17,21-26,28-29,71H,4-13,15-16,18-20,27,30-70H2,1-3H3/b17-14-,24-21-,25-22-,26-23-,29-28-. The number of esters is 3. The van der Waals surface area contributed by atoms with Gasteiger partial charge in [-0.2, -0.15) is 0 Å². The van der Waals surface area contributed by atoms with Crippen molar-refractivity contribution in [1.29, 1.82) is 0 Å². The summed E-state index contributed by atoms with van der Waals surface area (Å²) in [7, 11) is 0. The van der Waals surface area contributed by atoms with Gasteiger partial charge in [-0.25, -0.2) is 0 Å². The number of carbonyl (C=O) groups excluding carboxylic acids is 3. The quantitative estimate of drug-likeness (QED) is 0.0261. The molecule has 1 unspecified atom stereocenters. The molecule has 0 aromatic carbocycles. The zero-order valence-electron chi connectivity index (χ0n) is 53.6. The van der Waals surface area contributed by atoms with E-state index in [9.17, 15) is 14.4 Å². The smallest absolute Gasteiger partial charge is 0.306 e. The fourth-order valence-electron chi connectivity index (χ4n) is 10.4. The Morgan fingerprint density at radius 3 is 0.750 bits per heavy atom. The largest absolute Gasteiger partial charge is 0.462 e. The van der Waals surface area contributed by atoms with Crippen LogP contribution in [-0.4, -0.2) is 37.2 Å². The molecule has 0 saturated heterocycles. The Labute approximate surface area is 498 Å². The van der Waals surface area contributed by atoms with Gasteiger partial charge in [0.25, 0.3) is 0 Å². The van der Waals surface area contributed by atoms with Crippen LogP contribution in [0, 0.1) is 0 Å². The number of unbranched alkanes of at least 4 members (excludes halogenated alkanes) is 44. The molecule has 0 N–H and O–H groups in total. The molecule has 1 atom stereocenters. The topological polar surface area (TPSA) is 78.9 Å². The van der Waals surface area contributed by atoms with E-state index in [1.54, 1.807) is 0 Å². The maximum Gasteiger partial charge on any atom is 0.306 e. The summed E-state index contributed by atoms with van der Waals surface area (Å²) in [6, 6.07) is 0. The summed E-state index contributed by atoms with van der Waals surface area (Å²) in [5.74, 6) is -0.883. The van der Waals surface area contributed by atoms with Gasteiger partial charge in [0.1, 0.15) is 13.2 Å². The first-order valence-electron chi connectivity index (χ1n) is 35.3. The molecule has 0 saturated carbocycles. The van der Waals surface area contributed by atoms with Crippen molar-refractivity contribution >= 4 is 17.9 Å². The number of hydrogen-bond donors (Lipinski definition) is 0. The van der Waals surface area contributed by atoms with Crippen molar-refractivity contribution in [2.45, 2.75) is 380 Å². The van der Waals surface area contributed by atoms with Crippen molar-refractivity contribution < 1.29 is 28.6 Å². The van der Waals surface area contributed by atoms with Gasteiger partial charge in [-0.15, -0.1) is 0 Å². The second-order valence-corrected chi connectivity index (χ2v) is 23.8. The lowest BCUT2D eigenvalue weighted by atomic mass is 10.0. The summed E-state index contributed by atoms with van der Waals surface area (Å²) in [4.78, 5) is 38.3. The van der Waals surface area contributed by atoms with Gasteiger partial charge >= 0.3 is 17.9 Å². The lowest BCUT2D eigenvalue weighted by molar-refractivity contribution is -0.167. The fraction of sp³-hybridized carbons (Fsp3) is 0.824. The summed E-state index contributed by atoms with van der Waals surface area (Å²) < 4.78 is 16.9. The molecule has 0 aliphatic heterocycles. The molecule has 466 valence electrons. The monoisotopic (exact) mass is 1120 g/mol. The third-order valence-corrected chi connectivity index (χ3v) is 15.7. The van der Waals surface area contributed by atoms with Crippen molar-refractivity contribution in [1.82, 2.24) is 0 Å². The number of carbonyl (C=O) groups is 3. The molecule has 6 nitrogen and oxygen atoms in total. The minimum absolute atomic E-state index is 0.0787. The lowest BCUT2D eigenvalue weighted by Gasteiger charge is -2.18. The van der Waals surface area contributed by atoms with Crippen LogP contribution >= 0.6 is 0 Å². The van der Waals surface area contributed by atoms with Crippen LogP contribution in [0.5, 0.6) is 0 Å². The Kier molecular flexibility index (Phi) is 66.1. The zero-order chi connectivity index (χ0) is 57.8. The third kappa shape index (κ3) is 65.9. The van der Waals surface area contributed by atoms with E-state index in [-0.39, 0.29) is 31.1 Å². The first-order chi connectivity index (χ1) is 39.5. The van der Waals surface area contributed by atoms with E-state index in [4.69, 9.17) is 14.2 Å². The second kappa shape index (κ2) is 68.6. The maximum atomic E-state index is 12.9. The van der Waals surface area contributed by atoms with Crippen molar-refractivity contribution in [3.63, 3.8) is 0 Å². The molecule has 0 amide bonds. The van der Waals surface area contributed by atoms with Crippen molar-refractivity contribution in [3.8, 4) is 0 Å². The second-order valence-electron chi connectivity index (χ2n) is 23.8. The SMILES string of the molecule is CCCC/C=C\C/C=C\CCCCCCCC(=O)OC(COC(=O)CCCCCCC/C=C\CCCCCC)COC(=O)CCCCCCCCCCCCCCCCCCCCCCCCC/C=C\C/C=C\CCCCCCC. The molecular formula is C74H134O6. The molecule has 0 radical (unpaired) electrons. The van der Waals surface area contributed by atoms with Crippen LogP contribution in [0.25, 0.3) is 0 Å². The Morgan fingerprint density at radius 2 is 0.463 bits per heavy atom. The predicted molar refractivity (Wildman–Crippen MR) is 348 cm³/mol. The van der Waals surface area contributed by atoms with E-state index >= 15 is 0 Å². The van der Waals surface area contributed by atoms with Gasteiger partial charge in [-0.3, -0.25) is 14.4 Å². The molecule has 0 spiro atoms. The highest BCUT2D eigenvalue weighted by Gasteiger charge is 2.19. The van der Waals surface area contributed by atoms with Gasteiger partial charge in [0.2, 0.25) is 0 Å². The van der Waals surface area contributed by atoms with Crippen LogP contribution in [0.1, 0.15) is 374 Å². The number of rotatable bonds is 65. The summed E-state index contributed by atoms with van der Waals surface area (Å²) >= 11 is 0. The molecule has 0 aliphatic carbocycles. The van der Waals surface area contributed by atoms with E-state index in [1.165, 1.54) is 238 Å². The Hall–Kier alpha value is -2.89.